The van der Waals surface area contributed by atoms with Crippen LogP contribution >= 0.6 is 23.4 Å². The normalized spacial score (nSPS) is 11.8. The quantitative estimate of drug-likeness (QED) is 0.474. The molecule has 0 aliphatic carbocycles. The average molecular weight is 475 g/mol. The van der Waals surface area contributed by atoms with Crippen molar-refractivity contribution in [3.05, 3.63) is 74.6 Å². The van der Waals surface area contributed by atoms with Crippen molar-refractivity contribution < 1.29 is 23.8 Å². The van der Waals surface area contributed by atoms with Crippen LogP contribution in [0.4, 0.5) is 0 Å². The zero-order chi connectivity index (χ0) is 23.3. The first-order valence-corrected chi connectivity index (χ1v) is 11.2. The number of hydrogen-bond acceptors (Lipinski definition) is 7. The van der Waals surface area contributed by atoms with Gasteiger partial charge in [0.15, 0.2) is 0 Å². The van der Waals surface area contributed by atoms with Crippen molar-refractivity contribution in [2.24, 2.45) is 0 Å². The molecule has 1 N–H and O–H groups in total. The van der Waals surface area contributed by atoms with Crippen LogP contribution in [-0.2, 0) is 21.8 Å². The third-order valence-electron chi connectivity index (χ3n) is 4.91. The van der Waals surface area contributed by atoms with Gasteiger partial charge in [0.05, 0.1) is 36.1 Å². The van der Waals surface area contributed by atoms with Crippen LogP contribution < -0.4 is 20.8 Å². The minimum Gasteiger partial charge on any atom is -0.548 e. The Morgan fingerprint density at radius 3 is 2.62 bits per heavy atom. The van der Waals surface area contributed by atoms with E-state index in [2.05, 4.69) is 5.32 Å². The predicted octanol–water partition coefficient (Wildman–Crippen LogP) is 2.47. The van der Waals surface area contributed by atoms with Crippen LogP contribution in [0.3, 0.4) is 0 Å². The number of thioether (sulfide) groups is 1. The molecule has 2 aromatic carbocycles. The van der Waals surface area contributed by atoms with E-state index in [0.29, 0.717) is 27.5 Å². The summed E-state index contributed by atoms with van der Waals surface area (Å²) in [5.74, 6) is -0.923. The van der Waals surface area contributed by atoms with Crippen molar-refractivity contribution in [1.82, 2.24) is 5.32 Å². The second-order valence-corrected chi connectivity index (χ2v) is 8.53. The summed E-state index contributed by atoms with van der Waals surface area (Å²) in [5, 5.41) is 14.8. The lowest BCUT2D eigenvalue weighted by molar-refractivity contribution is -0.307. The Balaban J connectivity index is 1.72. The number of carboxylic acid groups (broad SMARTS) is 1. The third kappa shape index (κ3) is 5.63. The molecule has 0 radical (unpaired) electrons. The molecule has 0 aliphatic heterocycles. The lowest BCUT2D eigenvalue weighted by atomic mass is 10.0. The van der Waals surface area contributed by atoms with Crippen LogP contribution in [0, 0.1) is 6.92 Å². The summed E-state index contributed by atoms with van der Waals surface area (Å²) in [5.41, 5.74) is 1.30. The molecule has 1 amide bonds. The first-order chi connectivity index (χ1) is 15.3. The number of carbonyl (C=O) groups excluding carboxylic acids is 2. The number of fused-ring (bicyclic) bond motifs is 1. The summed E-state index contributed by atoms with van der Waals surface area (Å²) in [4.78, 5) is 36.5. The zero-order valence-corrected chi connectivity index (χ0v) is 19.0. The summed E-state index contributed by atoms with van der Waals surface area (Å²) in [7, 11) is 1.45. The van der Waals surface area contributed by atoms with Crippen LogP contribution in [0.25, 0.3) is 11.0 Å². The number of halogens is 1. The van der Waals surface area contributed by atoms with Gasteiger partial charge in [-0.25, -0.2) is 4.79 Å². The fourth-order valence-electron chi connectivity index (χ4n) is 3.19. The molecule has 0 saturated carbocycles. The Hall–Kier alpha value is -2.97. The summed E-state index contributed by atoms with van der Waals surface area (Å²) < 4.78 is 10.5. The number of hydrogen-bond donors (Lipinski definition) is 1. The molecule has 0 fully saturated rings. The van der Waals surface area contributed by atoms with Crippen molar-refractivity contribution in [2.45, 2.75) is 25.1 Å². The highest BCUT2D eigenvalue weighted by atomic mass is 35.5. The standard InChI is InChI=1S/C23H22ClNO6S/c1-13-15-8-17(24)20(30-2)10-19(15)31-23(29)16(13)9-21(26)25-18(22(27)28)12-32-11-14-6-4-3-5-7-14/h3-8,10,18H,9,11-12H2,1-2H3,(H,25,26)(H,27,28)/p-1/t18-/m0/s1. The van der Waals surface area contributed by atoms with Gasteiger partial charge in [0, 0.05) is 23.0 Å². The van der Waals surface area contributed by atoms with Gasteiger partial charge in [-0.15, -0.1) is 0 Å². The number of rotatable bonds is 9. The topological polar surface area (TPSA) is 109 Å². The van der Waals surface area contributed by atoms with Gasteiger partial charge < -0.3 is 24.4 Å². The Bertz CT molecular complexity index is 1190. The maximum Gasteiger partial charge on any atom is 0.340 e. The van der Waals surface area contributed by atoms with Crippen molar-refractivity contribution in [1.29, 1.82) is 0 Å². The number of nitrogens with one attached hydrogen (secondary N) is 1. The maximum absolute atomic E-state index is 12.5. The monoisotopic (exact) mass is 474 g/mol. The van der Waals surface area contributed by atoms with Crippen molar-refractivity contribution in [3.8, 4) is 5.75 Å². The molecular formula is C23H21ClNO6S-. The number of methoxy groups -OCH3 is 1. The van der Waals surface area contributed by atoms with Gasteiger partial charge in [0.2, 0.25) is 5.91 Å². The van der Waals surface area contributed by atoms with Gasteiger partial charge >= 0.3 is 5.63 Å². The molecule has 0 spiro atoms. The molecule has 168 valence electrons. The fraction of sp³-hybridized carbons (Fsp3) is 0.261. The molecule has 3 rings (SSSR count). The second kappa shape index (κ2) is 10.6. The predicted molar refractivity (Wildman–Crippen MR) is 122 cm³/mol. The minimum atomic E-state index is -1.39. The van der Waals surface area contributed by atoms with Crippen molar-refractivity contribution >= 4 is 46.2 Å². The molecule has 1 atom stereocenters. The highest BCUT2D eigenvalue weighted by Gasteiger charge is 2.19. The molecule has 0 unspecified atom stereocenters. The molecule has 0 saturated heterocycles. The maximum atomic E-state index is 12.5. The van der Waals surface area contributed by atoms with E-state index in [0.717, 1.165) is 5.56 Å². The molecule has 1 aromatic heterocycles. The lowest BCUT2D eigenvalue weighted by Crippen LogP contribution is -2.50. The Kier molecular flexibility index (Phi) is 7.82. The van der Waals surface area contributed by atoms with E-state index in [1.54, 1.807) is 13.0 Å². The lowest BCUT2D eigenvalue weighted by Gasteiger charge is -2.19. The van der Waals surface area contributed by atoms with E-state index in [4.69, 9.17) is 20.8 Å². The summed E-state index contributed by atoms with van der Waals surface area (Å²) in [6, 6.07) is 11.5. The smallest absolute Gasteiger partial charge is 0.340 e. The largest absolute Gasteiger partial charge is 0.548 e. The third-order valence-corrected chi connectivity index (χ3v) is 6.31. The Labute approximate surface area is 193 Å². The minimum absolute atomic E-state index is 0.129. The van der Waals surface area contributed by atoms with E-state index < -0.39 is 23.5 Å². The number of ether oxygens (including phenoxy) is 1. The Morgan fingerprint density at radius 2 is 1.97 bits per heavy atom. The van der Waals surface area contributed by atoms with Crippen LogP contribution in [0.15, 0.2) is 51.7 Å². The van der Waals surface area contributed by atoms with Crippen LogP contribution in [0.1, 0.15) is 16.7 Å². The van der Waals surface area contributed by atoms with E-state index in [-0.39, 0.29) is 23.3 Å². The number of carboxylic acids is 1. The van der Waals surface area contributed by atoms with E-state index in [1.807, 2.05) is 30.3 Å². The molecule has 1 heterocycles. The summed E-state index contributed by atoms with van der Waals surface area (Å²) in [6.07, 6.45) is -0.332. The molecule has 0 bridgehead atoms. The number of aliphatic carboxylic acids is 1. The van der Waals surface area contributed by atoms with Crippen molar-refractivity contribution in [2.75, 3.05) is 12.9 Å². The van der Waals surface area contributed by atoms with Crippen LogP contribution in [0.2, 0.25) is 5.02 Å². The fourth-order valence-corrected chi connectivity index (χ4v) is 4.44. The number of amides is 1. The molecule has 9 heteroatoms. The zero-order valence-electron chi connectivity index (χ0n) is 17.5. The number of benzene rings is 2. The molecular weight excluding hydrogens is 454 g/mol. The molecule has 7 nitrogen and oxygen atoms in total. The second-order valence-electron chi connectivity index (χ2n) is 7.09. The van der Waals surface area contributed by atoms with E-state index in [9.17, 15) is 19.5 Å². The Morgan fingerprint density at radius 1 is 1.25 bits per heavy atom. The molecule has 0 aliphatic rings. The van der Waals surface area contributed by atoms with Gasteiger partial charge in [-0.3, -0.25) is 4.79 Å². The molecule has 3 aromatic rings. The molecule has 32 heavy (non-hydrogen) atoms. The first kappa shape index (κ1) is 23.7. The van der Waals surface area contributed by atoms with E-state index in [1.165, 1.54) is 24.9 Å². The van der Waals surface area contributed by atoms with Gasteiger partial charge in [-0.1, -0.05) is 41.9 Å². The summed E-state index contributed by atoms with van der Waals surface area (Å²) >= 11 is 7.53. The highest BCUT2D eigenvalue weighted by molar-refractivity contribution is 7.98. The van der Waals surface area contributed by atoms with Gasteiger partial charge in [0.25, 0.3) is 0 Å². The summed E-state index contributed by atoms with van der Waals surface area (Å²) in [6.45, 7) is 1.68. The average Bonchev–Trinajstić information content (AvgIpc) is 2.77. The number of carbonyl (C=O) groups is 2. The van der Waals surface area contributed by atoms with E-state index >= 15 is 0 Å². The van der Waals surface area contributed by atoms with Gasteiger partial charge in [-0.05, 0) is 24.1 Å². The van der Waals surface area contributed by atoms with Gasteiger partial charge in [-0.2, -0.15) is 11.8 Å². The SMILES string of the molecule is COc1cc2oc(=O)c(CC(=O)N[C@@H](CSCc3ccccc3)C(=O)[O-])c(C)c2cc1Cl. The van der Waals surface area contributed by atoms with Crippen molar-refractivity contribution in [3.63, 3.8) is 0 Å². The first-order valence-electron chi connectivity index (χ1n) is 9.72. The van der Waals surface area contributed by atoms with Gasteiger partial charge in [0.1, 0.15) is 11.3 Å². The van der Waals surface area contributed by atoms with Crippen LogP contribution in [-0.4, -0.2) is 30.8 Å². The van der Waals surface area contributed by atoms with Crippen LogP contribution in [0.5, 0.6) is 5.75 Å². The highest BCUT2D eigenvalue weighted by Crippen LogP contribution is 2.31. The number of aryl methyl sites for hydroxylation is 1.